The highest BCUT2D eigenvalue weighted by Gasteiger charge is 2.39. The first-order valence-corrected chi connectivity index (χ1v) is 13.5. The van der Waals surface area contributed by atoms with Gasteiger partial charge in [-0.1, -0.05) is 72.7 Å². The van der Waals surface area contributed by atoms with Gasteiger partial charge >= 0.3 is 6.03 Å². The summed E-state index contributed by atoms with van der Waals surface area (Å²) in [5.74, 6) is 1.24. The molecule has 3 N–H and O–H groups in total. The molecule has 0 saturated carbocycles. The summed E-state index contributed by atoms with van der Waals surface area (Å²) in [5, 5.41) is 7.99. The topological polar surface area (TPSA) is 85.4 Å². The van der Waals surface area contributed by atoms with Gasteiger partial charge in [-0.3, -0.25) is 4.90 Å². The zero-order valence-corrected chi connectivity index (χ0v) is 24.2. The largest absolute Gasteiger partial charge is 0.491 e. The number of anilines is 1. The van der Waals surface area contributed by atoms with Crippen molar-refractivity contribution in [2.45, 2.75) is 67.3 Å². The van der Waals surface area contributed by atoms with E-state index in [1.54, 1.807) is 0 Å². The van der Waals surface area contributed by atoms with Crippen molar-refractivity contribution in [1.82, 2.24) is 14.7 Å². The van der Waals surface area contributed by atoms with Gasteiger partial charge in [-0.15, -0.1) is 0 Å². The van der Waals surface area contributed by atoms with E-state index in [9.17, 15) is 4.79 Å². The Morgan fingerprint density at radius 3 is 2.45 bits per heavy atom. The molecule has 0 bridgehead atoms. The number of hydrogen-bond acceptors (Lipinski definition) is 4. The molecule has 4 rings (SSSR count). The van der Waals surface area contributed by atoms with Crippen LogP contribution in [0.15, 0.2) is 42.5 Å². The van der Waals surface area contributed by atoms with Crippen molar-refractivity contribution < 1.29 is 9.53 Å². The van der Waals surface area contributed by atoms with Crippen LogP contribution in [0.25, 0.3) is 16.9 Å². The lowest BCUT2D eigenvalue weighted by atomic mass is 9.81. The molecule has 7 heteroatoms. The number of nitrogens with zero attached hydrogens (tertiary/aromatic N) is 3. The Bertz CT molecular complexity index is 1300. The third-order valence-corrected chi connectivity index (χ3v) is 6.73. The Balaban J connectivity index is 1.93. The third kappa shape index (κ3) is 6.04. The number of nitrogens with one attached hydrogen (secondary N) is 1. The van der Waals surface area contributed by atoms with E-state index in [2.05, 4.69) is 76.4 Å². The van der Waals surface area contributed by atoms with Gasteiger partial charge in [0.1, 0.15) is 11.4 Å². The molecule has 0 aliphatic carbocycles. The number of para-hydroxylation sites is 1. The van der Waals surface area contributed by atoms with Gasteiger partial charge in [0.15, 0.2) is 0 Å². The summed E-state index contributed by atoms with van der Waals surface area (Å²) >= 11 is 0. The number of amides is 2. The lowest BCUT2D eigenvalue weighted by molar-refractivity contribution is 0.139. The molecular weight excluding hydrogens is 474 g/mol. The van der Waals surface area contributed by atoms with Crippen LogP contribution >= 0.6 is 0 Å². The lowest BCUT2D eigenvalue weighted by Gasteiger charge is -2.40. The predicted molar refractivity (Wildman–Crippen MR) is 155 cm³/mol. The van der Waals surface area contributed by atoms with Crippen LogP contribution in [0.3, 0.4) is 0 Å². The first-order chi connectivity index (χ1) is 17.7. The number of ether oxygens (including phenoxy) is 1. The minimum absolute atomic E-state index is 0.131. The van der Waals surface area contributed by atoms with Crippen LogP contribution in [0, 0.1) is 18.3 Å². The van der Waals surface area contributed by atoms with Crippen molar-refractivity contribution in [2.24, 2.45) is 17.1 Å². The molecule has 38 heavy (non-hydrogen) atoms. The molecule has 0 fully saturated rings. The maximum absolute atomic E-state index is 11.4. The van der Waals surface area contributed by atoms with Gasteiger partial charge in [-0.05, 0) is 42.0 Å². The molecule has 7 nitrogen and oxygen atoms in total. The van der Waals surface area contributed by atoms with E-state index in [0.29, 0.717) is 18.2 Å². The summed E-state index contributed by atoms with van der Waals surface area (Å²) in [4.78, 5) is 13.9. The highest BCUT2D eigenvalue weighted by atomic mass is 16.5. The van der Waals surface area contributed by atoms with Crippen molar-refractivity contribution in [3.63, 3.8) is 0 Å². The molecule has 2 aromatic carbocycles. The summed E-state index contributed by atoms with van der Waals surface area (Å²) in [6.07, 6.45) is 0. The number of benzene rings is 2. The van der Waals surface area contributed by atoms with Crippen LogP contribution in [0.5, 0.6) is 5.75 Å². The maximum atomic E-state index is 11.4. The number of primary amides is 1. The van der Waals surface area contributed by atoms with E-state index in [-0.39, 0.29) is 10.8 Å². The van der Waals surface area contributed by atoms with Crippen molar-refractivity contribution in [3.05, 3.63) is 59.3 Å². The maximum Gasteiger partial charge on any atom is 0.316 e. The highest BCUT2D eigenvalue weighted by molar-refractivity contribution is 5.88. The average Bonchev–Trinajstić information content (AvgIpc) is 3.16. The molecular formula is C31H43N5O2. The van der Waals surface area contributed by atoms with Crippen LogP contribution < -0.4 is 15.8 Å². The zero-order valence-electron chi connectivity index (χ0n) is 24.2. The summed E-state index contributed by atoms with van der Waals surface area (Å²) in [7, 11) is 0. The van der Waals surface area contributed by atoms with Gasteiger partial charge in [0.2, 0.25) is 0 Å². The van der Waals surface area contributed by atoms with E-state index < -0.39 is 6.03 Å². The molecule has 3 aromatic rings. The number of fused-ring (bicyclic) bond motifs is 1. The number of urea groups is 1. The van der Waals surface area contributed by atoms with Gasteiger partial charge < -0.3 is 15.8 Å². The van der Waals surface area contributed by atoms with Gasteiger partial charge in [0.05, 0.1) is 18.0 Å². The molecule has 2 heterocycles. The van der Waals surface area contributed by atoms with Gasteiger partial charge in [-0.25, -0.2) is 9.48 Å². The third-order valence-electron chi connectivity index (χ3n) is 6.73. The van der Waals surface area contributed by atoms with Crippen molar-refractivity contribution >= 4 is 11.7 Å². The van der Waals surface area contributed by atoms with Crippen LogP contribution in [-0.4, -0.2) is 40.4 Å². The monoisotopic (exact) mass is 517 g/mol. The second kappa shape index (κ2) is 10.4. The van der Waals surface area contributed by atoms with Gasteiger partial charge in [0, 0.05) is 41.9 Å². The predicted octanol–water partition coefficient (Wildman–Crippen LogP) is 6.51. The smallest absolute Gasteiger partial charge is 0.316 e. The molecule has 204 valence electrons. The summed E-state index contributed by atoms with van der Waals surface area (Å²) < 4.78 is 8.42. The quantitative estimate of drug-likeness (QED) is 0.374. The van der Waals surface area contributed by atoms with Crippen molar-refractivity contribution in [3.8, 4) is 22.7 Å². The molecule has 1 aromatic heterocycles. The minimum atomic E-state index is -0.577. The SMILES string of the molecule is Cc1cccc(OCC(C)C)c1-n1nc2c(c1-c1ccc(NC(N)=O)cc1)CN(CC(C)(C)C)CC2(C)C. The number of hydrogen-bond donors (Lipinski definition) is 2. The summed E-state index contributed by atoms with van der Waals surface area (Å²) in [5.41, 5.74) is 12.6. The van der Waals surface area contributed by atoms with Gasteiger partial charge in [0.25, 0.3) is 0 Å². The summed E-state index contributed by atoms with van der Waals surface area (Å²) in [6, 6.07) is 13.4. The Labute approximate surface area is 227 Å². The van der Waals surface area contributed by atoms with E-state index in [1.807, 2.05) is 36.4 Å². The molecule has 2 amide bonds. The molecule has 1 aliphatic heterocycles. The fourth-order valence-electron chi connectivity index (χ4n) is 5.43. The van der Waals surface area contributed by atoms with Crippen LogP contribution in [0.4, 0.5) is 10.5 Å². The molecule has 0 atom stereocenters. The second-order valence-corrected chi connectivity index (χ2v) is 12.9. The normalized spacial score (nSPS) is 15.4. The molecule has 0 unspecified atom stereocenters. The number of rotatable bonds is 7. The number of aryl methyl sites for hydroxylation is 1. The van der Waals surface area contributed by atoms with Gasteiger partial charge in [-0.2, -0.15) is 5.10 Å². The molecule has 1 aliphatic rings. The molecule has 0 radical (unpaired) electrons. The Hall–Kier alpha value is -3.32. The fraction of sp³-hybridized carbons (Fsp3) is 0.484. The lowest BCUT2D eigenvalue weighted by Crippen LogP contribution is -2.45. The van der Waals surface area contributed by atoms with E-state index in [4.69, 9.17) is 15.6 Å². The Morgan fingerprint density at radius 1 is 1.16 bits per heavy atom. The van der Waals surface area contributed by atoms with Crippen LogP contribution in [0.2, 0.25) is 0 Å². The first-order valence-electron chi connectivity index (χ1n) is 13.5. The van der Waals surface area contributed by atoms with Crippen molar-refractivity contribution in [1.29, 1.82) is 0 Å². The second-order valence-electron chi connectivity index (χ2n) is 12.9. The van der Waals surface area contributed by atoms with Crippen LogP contribution in [-0.2, 0) is 12.0 Å². The number of carbonyl (C=O) groups excluding carboxylic acids is 1. The van der Waals surface area contributed by atoms with E-state index in [1.165, 1.54) is 5.56 Å². The Kier molecular flexibility index (Phi) is 7.62. The average molecular weight is 518 g/mol. The van der Waals surface area contributed by atoms with E-state index >= 15 is 0 Å². The van der Waals surface area contributed by atoms with Crippen LogP contribution in [0.1, 0.15) is 65.3 Å². The zero-order chi connectivity index (χ0) is 27.8. The molecule has 0 saturated heterocycles. The Morgan fingerprint density at radius 2 is 1.84 bits per heavy atom. The molecule has 0 spiro atoms. The standard InChI is InChI=1S/C31H43N5O2/c1-20(2)17-38-25-11-9-10-21(3)26(25)36-27(22-12-14-23(15-13-22)33-29(32)37)24-16-35(18-30(4,5)6)19-31(7,8)28(24)34-36/h9-15,20H,16-19H2,1-8H3,(H3,32,33,37). The van der Waals surface area contributed by atoms with E-state index in [0.717, 1.165) is 53.6 Å². The first kappa shape index (κ1) is 27.7. The number of aromatic nitrogens is 2. The minimum Gasteiger partial charge on any atom is -0.491 e. The highest BCUT2D eigenvalue weighted by Crippen LogP contribution is 2.42. The number of nitrogens with two attached hydrogens (primary N) is 1. The fourth-order valence-corrected chi connectivity index (χ4v) is 5.43. The summed E-state index contributed by atoms with van der Waals surface area (Å²) in [6.45, 7) is 21.2. The van der Waals surface area contributed by atoms with Crippen molar-refractivity contribution in [2.75, 3.05) is 25.0 Å². The number of carbonyl (C=O) groups is 1.